The van der Waals surface area contributed by atoms with Crippen LogP contribution in [0.5, 0.6) is 0 Å². The lowest BCUT2D eigenvalue weighted by Gasteiger charge is -2.25. The van der Waals surface area contributed by atoms with Gasteiger partial charge in [-0.3, -0.25) is 4.79 Å². The number of carbonyl (C=O) groups is 1. The second-order valence-electron chi connectivity index (χ2n) is 3.74. The molecule has 0 fully saturated rings. The van der Waals surface area contributed by atoms with E-state index >= 15 is 0 Å². The number of rotatable bonds is 1. The summed E-state index contributed by atoms with van der Waals surface area (Å²) in [6.45, 7) is 4.26. The van der Waals surface area contributed by atoms with Crippen LogP contribution < -0.4 is 5.32 Å². The van der Waals surface area contributed by atoms with Crippen LogP contribution in [0, 0.1) is 0 Å². The van der Waals surface area contributed by atoms with Crippen molar-refractivity contribution in [1.29, 1.82) is 0 Å². The van der Waals surface area contributed by atoms with Crippen LogP contribution in [0.15, 0.2) is 24.3 Å². The number of benzene rings is 1. The Balaban J connectivity index is 2.28. The van der Waals surface area contributed by atoms with Crippen molar-refractivity contribution in [1.82, 2.24) is 4.90 Å². The zero-order chi connectivity index (χ0) is 10.7. The summed E-state index contributed by atoms with van der Waals surface area (Å²) in [7, 11) is 0. The summed E-state index contributed by atoms with van der Waals surface area (Å²) in [4.78, 5) is 13.6. The molecular weight excluding hydrogens is 188 g/mol. The quantitative estimate of drug-likeness (QED) is 0.757. The van der Waals surface area contributed by atoms with Gasteiger partial charge in [0.2, 0.25) is 5.91 Å². The number of hydrogen-bond donors (Lipinski definition) is 1. The highest BCUT2D eigenvalue weighted by Crippen LogP contribution is 2.19. The Labute approximate surface area is 90.1 Å². The van der Waals surface area contributed by atoms with E-state index in [0.717, 1.165) is 25.3 Å². The molecule has 0 saturated carbocycles. The molecule has 3 nitrogen and oxygen atoms in total. The second kappa shape index (κ2) is 4.34. The fourth-order valence-corrected chi connectivity index (χ4v) is 1.87. The predicted molar refractivity (Wildman–Crippen MR) is 60.6 cm³/mol. The van der Waals surface area contributed by atoms with Gasteiger partial charge in [0, 0.05) is 31.7 Å². The van der Waals surface area contributed by atoms with Gasteiger partial charge in [-0.15, -0.1) is 0 Å². The molecule has 0 aromatic heterocycles. The molecule has 1 aromatic rings. The summed E-state index contributed by atoms with van der Waals surface area (Å²) < 4.78 is 0. The summed E-state index contributed by atoms with van der Waals surface area (Å²) in [5.74, 6) is 0.236. The van der Waals surface area contributed by atoms with Crippen LogP contribution in [-0.4, -0.2) is 23.9 Å². The second-order valence-corrected chi connectivity index (χ2v) is 3.74. The molecule has 0 aliphatic carbocycles. The summed E-state index contributed by atoms with van der Waals surface area (Å²) in [5, 5.41) is 3.29. The van der Waals surface area contributed by atoms with Gasteiger partial charge in [0.1, 0.15) is 0 Å². The monoisotopic (exact) mass is 204 g/mol. The zero-order valence-corrected chi connectivity index (χ0v) is 8.99. The van der Waals surface area contributed by atoms with E-state index < -0.39 is 0 Å². The molecule has 1 heterocycles. The average Bonchev–Trinajstić information content (AvgIpc) is 2.24. The molecule has 1 aromatic carbocycles. The van der Waals surface area contributed by atoms with Crippen LogP contribution in [0.4, 0.5) is 5.69 Å². The number of carbonyl (C=O) groups excluding carboxylic acids is 1. The van der Waals surface area contributed by atoms with Gasteiger partial charge in [-0.2, -0.15) is 0 Å². The predicted octanol–water partition coefficient (Wildman–Crippen LogP) is 1.85. The van der Waals surface area contributed by atoms with E-state index in [1.165, 1.54) is 5.56 Å². The van der Waals surface area contributed by atoms with Crippen LogP contribution in [0.3, 0.4) is 0 Å². The number of fused-ring (bicyclic) bond motifs is 1. The van der Waals surface area contributed by atoms with Gasteiger partial charge in [0.25, 0.3) is 0 Å². The molecule has 1 aliphatic rings. The molecule has 15 heavy (non-hydrogen) atoms. The first-order valence-electron chi connectivity index (χ1n) is 5.41. The van der Waals surface area contributed by atoms with E-state index in [4.69, 9.17) is 0 Å². The van der Waals surface area contributed by atoms with Gasteiger partial charge in [0.05, 0.1) is 0 Å². The Kier molecular flexibility index (Phi) is 2.90. The maximum Gasteiger partial charge on any atom is 0.224 e. The molecule has 80 valence electrons. The molecular formula is C12H16N2O. The smallest absolute Gasteiger partial charge is 0.224 e. The third kappa shape index (κ3) is 2.12. The van der Waals surface area contributed by atoms with E-state index in [2.05, 4.69) is 17.4 Å². The van der Waals surface area contributed by atoms with Crippen molar-refractivity contribution in [3.63, 3.8) is 0 Å². The average molecular weight is 204 g/mol. The van der Waals surface area contributed by atoms with E-state index in [0.29, 0.717) is 6.42 Å². The van der Waals surface area contributed by atoms with Crippen LogP contribution in [0.2, 0.25) is 0 Å². The highest BCUT2D eigenvalue weighted by atomic mass is 16.2. The molecule has 0 atom stereocenters. The SMILES string of the molecule is CCN1Cc2ccccc2NCCC1=O. The molecule has 1 N–H and O–H groups in total. The highest BCUT2D eigenvalue weighted by Gasteiger charge is 2.16. The number of hydrogen-bond acceptors (Lipinski definition) is 2. The molecule has 1 amide bonds. The number of anilines is 1. The highest BCUT2D eigenvalue weighted by molar-refractivity contribution is 5.77. The summed E-state index contributed by atoms with van der Waals surface area (Å²) in [6.07, 6.45) is 0.585. The summed E-state index contributed by atoms with van der Waals surface area (Å²) in [5.41, 5.74) is 2.36. The van der Waals surface area contributed by atoms with Crippen molar-refractivity contribution < 1.29 is 4.79 Å². The zero-order valence-electron chi connectivity index (χ0n) is 8.99. The standard InChI is InChI=1S/C12H16N2O/c1-2-14-9-10-5-3-4-6-11(10)13-8-7-12(14)15/h3-6,13H,2,7-9H2,1H3. The first-order valence-corrected chi connectivity index (χ1v) is 5.41. The van der Waals surface area contributed by atoms with E-state index in [9.17, 15) is 4.79 Å². The van der Waals surface area contributed by atoms with E-state index in [-0.39, 0.29) is 5.91 Å². The summed E-state index contributed by atoms with van der Waals surface area (Å²) >= 11 is 0. The molecule has 0 unspecified atom stereocenters. The van der Waals surface area contributed by atoms with Crippen LogP contribution >= 0.6 is 0 Å². The fraction of sp³-hybridized carbons (Fsp3) is 0.417. The largest absolute Gasteiger partial charge is 0.384 e. The number of nitrogens with zero attached hydrogens (tertiary/aromatic N) is 1. The van der Waals surface area contributed by atoms with Crippen molar-refractivity contribution in [2.24, 2.45) is 0 Å². The number of amides is 1. The Morgan fingerprint density at radius 2 is 2.20 bits per heavy atom. The summed E-state index contributed by atoms with van der Waals surface area (Å²) in [6, 6.07) is 8.18. The minimum atomic E-state index is 0.236. The molecule has 0 saturated heterocycles. The van der Waals surface area contributed by atoms with Crippen molar-refractivity contribution in [2.75, 3.05) is 18.4 Å². The van der Waals surface area contributed by atoms with Crippen LogP contribution in [-0.2, 0) is 11.3 Å². The minimum absolute atomic E-state index is 0.236. The topological polar surface area (TPSA) is 32.3 Å². The Morgan fingerprint density at radius 1 is 1.40 bits per heavy atom. The lowest BCUT2D eigenvalue weighted by Crippen LogP contribution is -2.33. The lowest BCUT2D eigenvalue weighted by molar-refractivity contribution is -0.131. The van der Waals surface area contributed by atoms with E-state index in [1.807, 2.05) is 24.0 Å². The Bertz CT molecular complexity index is 362. The Morgan fingerprint density at radius 3 is 3.00 bits per heavy atom. The van der Waals surface area contributed by atoms with Gasteiger partial charge < -0.3 is 10.2 Å². The first-order chi connectivity index (χ1) is 7.31. The van der Waals surface area contributed by atoms with Crippen LogP contribution in [0.1, 0.15) is 18.9 Å². The van der Waals surface area contributed by atoms with Gasteiger partial charge in [-0.25, -0.2) is 0 Å². The van der Waals surface area contributed by atoms with Gasteiger partial charge in [0.15, 0.2) is 0 Å². The van der Waals surface area contributed by atoms with E-state index in [1.54, 1.807) is 0 Å². The number of para-hydroxylation sites is 1. The van der Waals surface area contributed by atoms with Gasteiger partial charge in [-0.05, 0) is 18.6 Å². The molecule has 0 bridgehead atoms. The van der Waals surface area contributed by atoms with Gasteiger partial charge in [-0.1, -0.05) is 18.2 Å². The third-order valence-corrected chi connectivity index (χ3v) is 2.77. The minimum Gasteiger partial charge on any atom is -0.384 e. The normalized spacial score (nSPS) is 16.3. The molecule has 0 radical (unpaired) electrons. The Hall–Kier alpha value is -1.51. The lowest BCUT2D eigenvalue weighted by atomic mass is 10.1. The fourth-order valence-electron chi connectivity index (χ4n) is 1.87. The molecule has 0 spiro atoms. The number of nitrogens with one attached hydrogen (secondary N) is 1. The molecule has 3 heteroatoms. The maximum atomic E-state index is 11.7. The first kappa shape index (κ1) is 10.0. The van der Waals surface area contributed by atoms with Gasteiger partial charge >= 0.3 is 0 Å². The molecule has 2 rings (SSSR count). The van der Waals surface area contributed by atoms with Crippen molar-refractivity contribution in [3.05, 3.63) is 29.8 Å². The molecule has 1 aliphatic heterocycles. The van der Waals surface area contributed by atoms with Crippen molar-refractivity contribution in [3.8, 4) is 0 Å². The van der Waals surface area contributed by atoms with Crippen molar-refractivity contribution in [2.45, 2.75) is 19.9 Å². The third-order valence-electron chi connectivity index (χ3n) is 2.77. The van der Waals surface area contributed by atoms with Crippen LogP contribution in [0.25, 0.3) is 0 Å². The van der Waals surface area contributed by atoms with Crippen molar-refractivity contribution >= 4 is 11.6 Å². The maximum absolute atomic E-state index is 11.7.